The Morgan fingerprint density at radius 2 is 1.95 bits per heavy atom. The van der Waals surface area contributed by atoms with Gasteiger partial charge < -0.3 is 14.4 Å². The van der Waals surface area contributed by atoms with Gasteiger partial charge in [0.15, 0.2) is 5.75 Å². The minimum Gasteiger partial charge on any atom is -0.454 e. The number of hydrogen-bond donors (Lipinski definition) is 1. The molecule has 0 fully saturated rings. The van der Waals surface area contributed by atoms with E-state index < -0.39 is 0 Å². The number of para-hydroxylation sites is 2. The number of aliphatic hydroxyl groups is 1. The van der Waals surface area contributed by atoms with Gasteiger partial charge >= 0.3 is 0 Å². The number of nitriles is 1. The van der Waals surface area contributed by atoms with Crippen LogP contribution in [0.15, 0.2) is 42.5 Å². The smallest absolute Gasteiger partial charge is 0.155 e. The molecule has 1 heterocycles. The highest BCUT2D eigenvalue weighted by Crippen LogP contribution is 2.31. The first-order chi connectivity index (χ1) is 10.2. The predicted molar refractivity (Wildman–Crippen MR) is 77.9 cm³/mol. The van der Waals surface area contributed by atoms with Crippen LogP contribution >= 0.6 is 0 Å². The monoisotopic (exact) mass is 279 g/mol. The first-order valence-electron chi connectivity index (χ1n) is 6.46. The molecule has 0 aliphatic heterocycles. The number of nitrogens with zero attached hydrogens (tertiary/aromatic N) is 3. The van der Waals surface area contributed by atoms with Crippen LogP contribution in [0.2, 0.25) is 0 Å². The van der Waals surface area contributed by atoms with Gasteiger partial charge in [0.05, 0.1) is 11.1 Å². The summed E-state index contributed by atoms with van der Waals surface area (Å²) in [5.41, 5.74) is 2.00. The number of aliphatic hydroxyl groups excluding tert-OH is 1. The van der Waals surface area contributed by atoms with Crippen LogP contribution < -0.4 is 4.74 Å². The predicted octanol–water partition coefficient (Wildman–Crippen LogP) is 2.73. The maximum Gasteiger partial charge on any atom is 0.155 e. The third kappa shape index (κ3) is 2.22. The highest BCUT2D eigenvalue weighted by atomic mass is 16.5. The van der Waals surface area contributed by atoms with Gasteiger partial charge in [-0.15, -0.1) is 0 Å². The molecule has 5 nitrogen and oxygen atoms in total. The first kappa shape index (κ1) is 13.2. The number of rotatable bonds is 3. The number of hydrogen-bond acceptors (Lipinski definition) is 4. The van der Waals surface area contributed by atoms with Crippen molar-refractivity contribution in [2.45, 2.75) is 6.61 Å². The zero-order valence-corrected chi connectivity index (χ0v) is 11.4. The largest absolute Gasteiger partial charge is 0.454 e. The van der Waals surface area contributed by atoms with Crippen LogP contribution in [0.25, 0.3) is 11.0 Å². The molecular formula is C16H13N3O2. The lowest BCUT2D eigenvalue weighted by Crippen LogP contribution is -1.96. The number of ether oxygens (including phenoxy) is 1. The Bertz CT molecular complexity index is 846. The molecule has 3 aromatic rings. The van der Waals surface area contributed by atoms with Crippen molar-refractivity contribution in [1.29, 1.82) is 5.26 Å². The summed E-state index contributed by atoms with van der Waals surface area (Å²) in [6, 6.07) is 14.7. The molecule has 0 saturated heterocycles. The SMILES string of the molecule is Cn1c(CO)nc2c(Oc3ccccc3C#N)cccc21. The first-order valence-corrected chi connectivity index (χ1v) is 6.46. The molecule has 5 heteroatoms. The van der Waals surface area contributed by atoms with Crippen molar-refractivity contribution in [3.8, 4) is 17.6 Å². The Balaban J connectivity index is 2.11. The highest BCUT2D eigenvalue weighted by molar-refractivity contribution is 5.83. The van der Waals surface area contributed by atoms with Crippen molar-refractivity contribution >= 4 is 11.0 Å². The van der Waals surface area contributed by atoms with Crippen LogP contribution in [0.5, 0.6) is 11.5 Å². The highest BCUT2D eigenvalue weighted by Gasteiger charge is 2.13. The van der Waals surface area contributed by atoms with Gasteiger partial charge in [-0.3, -0.25) is 0 Å². The van der Waals surface area contributed by atoms with Gasteiger partial charge in [-0.25, -0.2) is 4.98 Å². The number of fused-ring (bicyclic) bond motifs is 1. The maximum absolute atomic E-state index is 9.32. The number of imidazole rings is 1. The number of aryl methyl sites for hydroxylation is 1. The standard InChI is InChI=1S/C16H13N3O2/c1-19-12-6-4-8-14(16(12)18-15(19)10-20)21-13-7-3-2-5-11(13)9-17/h2-8,20H,10H2,1H3. The fourth-order valence-corrected chi connectivity index (χ4v) is 2.23. The van der Waals surface area contributed by atoms with Crippen molar-refractivity contribution < 1.29 is 9.84 Å². The zero-order valence-electron chi connectivity index (χ0n) is 11.4. The van der Waals surface area contributed by atoms with E-state index in [9.17, 15) is 5.11 Å². The third-order valence-electron chi connectivity index (χ3n) is 3.34. The Kier molecular flexibility index (Phi) is 3.30. The molecule has 0 aliphatic carbocycles. The van der Waals surface area contributed by atoms with E-state index >= 15 is 0 Å². The Labute approximate surface area is 121 Å². The summed E-state index contributed by atoms with van der Waals surface area (Å²) in [4.78, 5) is 4.39. The summed E-state index contributed by atoms with van der Waals surface area (Å²) in [6.45, 7) is -0.139. The van der Waals surface area contributed by atoms with Crippen LogP contribution in [-0.2, 0) is 13.7 Å². The van der Waals surface area contributed by atoms with Crippen molar-refractivity contribution in [1.82, 2.24) is 9.55 Å². The van der Waals surface area contributed by atoms with Crippen molar-refractivity contribution in [3.05, 3.63) is 53.9 Å². The topological polar surface area (TPSA) is 71.1 Å². The van der Waals surface area contributed by atoms with E-state index in [1.165, 1.54) is 0 Å². The molecule has 0 radical (unpaired) electrons. The van der Waals surface area contributed by atoms with Gasteiger partial charge in [-0.1, -0.05) is 18.2 Å². The molecule has 3 rings (SSSR count). The second-order valence-corrected chi connectivity index (χ2v) is 4.58. The van der Waals surface area contributed by atoms with E-state index in [2.05, 4.69) is 11.1 Å². The molecule has 104 valence electrons. The van der Waals surface area contributed by atoms with Gasteiger partial charge in [0.2, 0.25) is 0 Å². The van der Waals surface area contributed by atoms with Gasteiger partial charge in [0, 0.05) is 7.05 Å². The van der Waals surface area contributed by atoms with Crippen LogP contribution in [0.3, 0.4) is 0 Å². The molecule has 0 amide bonds. The summed E-state index contributed by atoms with van der Waals surface area (Å²) in [7, 11) is 1.84. The molecule has 0 bridgehead atoms. The summed E-state index contributed by atoms with van der Waals surface area (Å²) in [5, 5.41) is 18.4. The van der Waals surface area contributed by atoms with E-state index in [1.54, 1.807) is 24.3 Å². The van der Waals surface area contributed by atoms with Gasteiger partial charge in [0.1, 0.15) is 29.8 Å². The molecule has 1 aromatic heterocycles. The quantitative estimate of drug-likeness (QED) is 0.800. The zero-order chi connectivity index (χ0) is 14.8. The Hall–Kier alpha value is -2.84. The lowest BCUT2D eigenvalue weighted by molar-refractivity contribution is 0.268. The summed E-state index contributed by atoms with van der Waals surface area (Å²) >= 11 is 0. The minimum absolute atomic E-state index is 0.139. The van der Waals surface area contributed by atoms with E-state index in [-0.39, 0.29) is 6.61 Å². The van der Waals surface area contributed by atoms with Crippen molar-refractivity contribution in [2.75, 3.05) is 0 Å². The van der Waals surface area contributed by atoms with E-state index in [1.807, 2.05) is 29.8 Å². The molecule has 21 heavy (non-hydrogen) atoms. The van der Waals surface area contributed by atoms with Gasteiger partial charge in [-0.05, 0) is 24.3 Å². The molecule has 0 unspecified atom stereocenters. The molecular weight excluding hydrogens is 266 g/mol. The molecule has 0 aliphatic rings. The summed E-state index contributed by atoms with van der Waals surface area (Å²) < 4.78 is 7.66. The normalized spacial score (nSPS) is 10.5. The summed E-state index contributed by atoms with van der Waals surface area (Å²) in [5.74, 6) is 1.61. The lowest BCUT2D eigenvalue weighted by Gasteiger charge is -2.07. The van der Waals surface area contributed by atoms with Crippen LogP contribution in [-0.4, -0.2) is 14.7 Å². The second-order valence-electron chi connectivity index (χ2n) is 4.58. The minimum atomic E-state index is -0.139. The number of benzene rings is 2. The summed E-state index contributed by atoms with van der Waals surface area (Å²) in [6.07, 6.45) is 0. The molecule has 0 saturated carbocycles. The molecule has 1 N–H and O–H groups in total. The van der Waals surface area contributed by atoms with Crippen molar-refractivity contribution in [2.24, 2.45) is 7.05 Å². The van der Waals surface area contributed by atoms with Crippen LogP contribution in [0.1, 0.15) is 11.4 Å². The van der Waals surface area contributed by atoms with Crippen LogP contribution in [0.4, 0.5) is 0 Å². The third-order valence-corrected chi connectivity index (χ3v) is 3.34. The maximum atomic E-state index is 9.32. The van der Waals surface area contributed by atoms with Gasteiger partial charge in [0.25, 0.3) is 0 Å². The molecule has 2 aromatic carbocycles. The number of aromatic nitrogens is 2. The lowest BCUT2D eigenvalue weighted by atomic mass is 10.2. The van der Waals surface area contributed by atoms with Crippen LogP contribution in [0, 0.1) is 11.3 Å². The average Bonchev–Trinajstić information content (AvgIpc) is 2.85. The van der Waals surface area contributed by atoms with E-state index in [0.717, 1.165) is 5.52 Å². The van der Waals surface area contributed by atoms with E-state index in [4.69, 9.17) is 10.00 Å². The van der Waals surface area contributed by atoms with E-state index in [0.29, 0.717) is 28.4 Å². The second kappa shape index (κ2) is 5.27. The molecule has 0 spiro atoms. The fourth-order valence-electron chi connectivity index (χ4n) is 2.23. The Morgan fingerprint density at radius 3 is 2.71 bits per heavy atom. The fraction of sp³-hybridized carbons (Fsp3) is 0.125. The Morgan fingerprint density at radius 1 is 1.19 bits per heavy atom. The molecule has 0 atom stereocenters. The van der Waals surface area contributed by atoms with Crippen molar-refractivity contribution in [3.63, 3.8) is 0 Å². The average molecular weight is 279 g/mol. The van der Waals surface area contributed by atoms with Gasteiger partial charge in [-0.2, -0.15) is 5.26 Å².